The van der Waals surface area contributed by atoms with Gasteiger partial charge in [0.15, 0.2) is 0 Å². The maximum atomic E-state index is 14.1. The maximum absolute atomic E-state index is 14.1. The summed E-state index contributed by atoms with van der Waals surface area (Å²) in [4.78, 5) is 26.5. The fraction of sp³-hybridized carbons (Fsp3) is 0.333. The lowest BCUT2D eigenvalue weighted by Gasteiger charge is -2.31. The van der Waals surface area contributed by atoms with Crippen LogP contribution in [0.3, 0.4) is 0 Å². The van der Waals surface area contributed by atoms with Crippen molar-refractivity contribution in [2.75, 3.05) is 13.7 Å². The number of ether oxygens (including phenoxy) is 2. The predicted molar refractivity (Wildman–Crippen MR) is 118 cm³/mol. The SMILES string of the molecule is COCC(=O)NNC(=O)C1=C(C)C(C)CC=C2C(OCc3c(F)cccc3F)=CC(C)=CN21. The normalized spacial score (nSPS) is 17.9. The second kappa shape index (κ2) is 10.4. The number of rotatable bonds is 6. The molecule has 0 fully saturated rings. The van der Waals surface area contributed by atoms with Crippen LogP contribution < -0.4 is 10.9 Å². The molecule has 9 heteroatoms. The standard InChI is InChI=1S/C24H27F2N3O4/c1-14-10-21(33-12-17-18(25)6-5-7-19(17)26)20-9-8-15(2)16(3)23(29(20)11-14)24(31)28-27-22(30)13-32-4/h5-7,9-11,15H,8,12-13H2,1-4H3,(H,27,30)(H,28,31). The topological polar surface area (TPSA) is 79.9 Å². The average Bonchev–Trinajstić information content (AvgIpc) is 2.88. The van der Waals surface area contributed by atoms with E-state index in [0.717, 1.165) is 11.1 Å². The highest BCUT2D eigenvalue weighted by atomic mass is 19.1. The summed E-state index contributed by atoms with van der Waals surface area (Å²) in [5, 5.41) is 0. The van der Waals surface area contributed by atoms with Gasteiger partial charge in [-0.3, -0.25) is 20.4 Å². The van der Waals surface area contributed by atoms with E-state index in [4.69, 9.17) is 9.47 Å². The van der Waals surface area contributed by atoms with Crippen molar-refractivity contribution >= 4 is 11.8 Å². The van der Waals surface area contributed by atoms with Crippen LogP contribution in [0.4, 0.5) is 8.78 Å². The first kappa shape index (κ1) is 24.2. The molecule has 0 saturated carbocycles. The Bertz CT molecular complexity index is 1060. The Hall–Kier alpha value is -3.46. The molecule has 33 heavy (non-hydrogen) atoms. The van der Waals surface area contributed by atoms with Crippen molar-refractivity contribution in [2.45, 2.75) is 33.8 Å². The van der Waals surface area contributed by atoms with Crippen molar-refractivity contribution in [1.82, 2.24) is 15.8 Å². The molecule has 3 rings (SSSR count). The van der Waals surface area contributed by atoms with Crippen LogP contribution in [0.15, 0.2) is 64.9 Å². The molecule has 0 saturated heterocycles. The van der Waals surface area contributed by atoms with Gasteiger partial charge in [-0.15, -0.1) is 0 Å². The van der Waals surface area contributed by atoms with Gasteiger partial charge >= 0.3 is 0 Å². The number of halogens is 2. The Morgan fingerprint density at radius 3 is 2.55 bits per heavy atom. The molecule has 2 amide bonds. The van der Waals surface area contributed by atoms with Gasteiger partial charge in [0.05, 0.1) is 11.3 Å². The van der Waals surface area contributed by atoms with E-state index < -0.39 is 23.4 Å². The molecule has 7 nitrogen and oxygen atoms in total. The average molecular weight is 459 g/mol. The van der Waals surface area contributed by atoms with E-state index in [-0.39, 0.29) is 24.7 Å². The fourth-order valence-corrected chi connectivity index (χ4v) is 3.56. The van der Waals surface area contributed by atoms with Crippen LogP contribution in [0.1, 0.15) is 32.8 Å². The molecule has 176 valence electrons. The molecule has 0 spiro atoms. The number of nitrogens with one attached hydrogen (secondary N) is 2. The first-order chi connectivity index (χ1) is 15.7. The monoisotopic (exact) mass is 459 g/mol. The highest BCUT2D eigenvalue weighted by Gasteiger charge is 2.31. The van der Waals surface area contributed by atoms with Gasteiger partial charge in [0.1, 0.15) is 36.3 Å². The zero-order valence-corrected chi connectivity index (χ0v) is 19.0. The number of carbonyl (C=O) groups is 2. The Morgan fingerprint density at radius 2 is 1.88 bits per heavy atom. The molecule has 0 aliphatic carbocycles. The van der Waals surface area contributed by atoms with Crippen molar-refractivity contribution in [3.63, 3.8) is 0 Å². The van der Waals surface area contributed by atoms with Crippen molar-refractivity contribution in [3.05, 3.63) is 82.0 Å². The first-order valence-corrected chi connectivity index (χ1v) is 10.5. The Kier molecular flexibility index (Phi) is 7.65. The molecule has 0 aromatic heterocycles. The third-order valence-electron chi connectivity index (χ3n) is 5.46. The van der Waals surface area contributed by atoms with E-state index in [1.54, 1.807) is 17.2 Å². The molecule has 2 aliphatic heterocycles. The summed E-state index contributed by atoms with van der Waals surface area (Å²) in [6.07, 6.45) is 6.06. The molecule has 0 bridgehead atoms. The van der Waals surface area contributed by atoms with E-state index in [1.807, 2.05) is 26.8 Å². The van der Waals surface area contributed by atoms with E-state index in [0.29, 0.717) is 23.6 Å². The highest BCUT2D eigenvalue weighted by Crippen LogP contribution is 2.36. The van der Waals surface area contributed by atoms with Gasteiger partial charge in [-0.05, 0) is 55.5 Å². The molecule has 1 unspecified atom stereocenters. The van der Waals surface area contributed by atoms with Crippen LogP contribution in [-0.4, -0.2) is 30.4 Å². The number of allylic oxidation sites excluding steroid dienone is 4. The number of hydrogen-bond acceptors (Lipinski definition) is 5. The van der Waals surface area contributed by atoms with Gasteiger partial charge in [0.2, 0.25) is 0 Å². The van der Waals surface area contributed by atoms with Crippen LogP contribution in [0, 0.1) is 17.6 Å². The van der Waals surface area contributed by atoms with Crippen molar-refractivity contribution in [1.29, 1.82) is 0 Å². The quantitative estimate of drug-likeness (QED) is 0.636. The molecule has 2 heterocycles. The number of amides is 2. The number of carbonyl (C=O) groups excluding carboxylic acids is 2. The zero-order chi connectivity index (χ0) is 24.1. The molecule has 2 aliphatic rings. The van der Waals surface area contributed by atoms with Crippen molar-refractivity contribution in [2.24, 2.45) is 5.92 Å². The molecule has 2 N–H and O–H groups in total. The molecular formula is C24H27F2N3O4. The van der Waals surface area contributed by atoms with Gasteiger partial charge in [-0.2, -0.15) is 0 Å². The third-order valence-corrected chi connectivity index (χ3v) is 5.46. The van der Waals surface area contributed by atoms with Crippen molar-refractivity contribution < 1.29 is 27.8 Å². The maximum Gasteiger partial charge on any atom is 0.286 e. The minimum Gasteiger partial charge on any atom is -0.486 e. The third kappa shape index (κ3) is 5.48. The summed E-state index contributed by atoms with van der Waals surface area (Å²) >= 11 is 0. The van der Waals surface area contributed by atoms with Gasteiger partial charge in [-0.25, -0.2) is 8.78 Å². The Balaban J connectivity index is 1.88. The summed E-state index contributed by atoms with van der Waals surface area (Å²) in [6.45, 7) is 5.15. The molecule has 1 aromatic carbocycles. The molecule has 1 aromatic rings. The smallest absolute Gasteiger partial charge is 0.286 e. The minimum atomic E-state index is -0.693. The van der Waals surface area contributed by atoms with E-state index in [1.165, 1.54) is 25.3 Å². The lowest BCUT2D eigenvalue weighted by atomic mass is 9.97. The summed E-state index contributed by atoms with van der Waals surface area (Å²) in [6, 6.07) is 3.64. The number of fused-ring (bicyclic) bond motifs is 1. The first-order valence-electron chi connectivity index (χ1n) is 10.5. The largest absolute Gasteiger partial charge is 0.486 e. The van der Waals surface area contributed by atoms with Crippen LogP contribution >= 0.6 is 0 Å². The van der Waals surface area contributed by atoms with Crippen LogP contribution in [0.5, 0.6) is 0 Å². The molecule has 0 radical (unpaired) electrons. The van der Waals surface area contributed by atoms with E-state index in [2.05, 4.69) is 10.9 Å². The summed E-state index contributed by atoms with van der Waals surface area (Å²) in [7, 11) is 1.38. The van der Waals surface area contributed by atoms with Gasteiger partial charge < -0.3 is 14.4 Å². The molecular weight excluding hydrogens is 432 g/mol. The predicted octanol–water partition coefficient (Wildman–Crippen LogP) is 3.58. The lowest BCUT2D eigenvalue weighted by Crippen LogP contribution is -2.46. The number of nitrogens with zero attached hydrogens (tertiary/aromatic N) is 1. The Morgan fingerprint density at radius 1 is 1.18 bits per heavy atom. The number of hydrazine groups is 1. The molecule has 1 atom stereocenters. The van der Waals surface area contributed by atoms with Crippen LogP contribution in [-0.2, 0) is 25.7 Å². The summed E-state index contributed by atoms with van der Waals surface area (Å²) < 4.78 is 38.7. The summed E-state index contributed by atoms with van der Waals surface area (Å²) in [5.41, 5.74) is 7.05. The van der Waals surface area contributed by atoms with Gasteiger partial charge in [-0.1, -0.05) is 19.1 Å². The number of methoxy groups -OCH3 is 1. The van der Waals surface area contributed by atoms with Gasteiger partial charge in [0, 0.05) is 13.3 Å². The highest BCUT2D eigenvalue weighted by molar-refractivity contribution is 5.95. The summed E-state index contributed by atoms with van der Waals surface area (Å²) in [5.74, 6) is -1.99. The van der Waals surface area contributed by atoms with Gasteiger partial charge in [0.25, 0.3) is 11.8 Å². The Labute approximate surface area is 191 Å². The van der Waals surface area contributed by atoms with E-state index >= 15 is 0 Å². The fourth-order valence-electron chi connectivity index (χ4n) is 3.56. The number of benzene rings is 1. The minimum absolute atomic E-state index is 0.0255. The van der Waals surface area contributed by atoms with Crippen LogP contribution in [0.2, 0.25) is 0 Å². The zero-order valence-electron chi connectivity index (χ0n) is 19.0. The lowest BCUT2D eigenvalue weighted by molar-refractivity contribution is -0.130. The van der Waals surface area contributed by atoms with E-state index in [9.17, 15) is 18.4 Å². The van der Waals surface area contributed by atoms with Crippen LogP contribution in [0.25, 0.3) is 0 Å². The van der Waals surface area contributed by atoms with Crippen molar-refractivity contribution in [3.8, 4) is 0 Å². The second-order valence-electron chi connectivity index (χ2n) is 7.93. The second-order valence-corrected chi connectivity index (χ2v) is 7.93. The number of hydrogen-bond donors (Lipinski definition) is 2.